The largest absolute Gasteiger partial charge is 0.276 e. The lowest BCUT2D eigenvalue weighted by Gasteiger charge is -1.99. The van der Waals surface area contributed by atoms with Crippen molar-refractivity contribution in [2.24, 2.45) is 0 Å². The third kappa shape index (κ3) is 1.11. The van der Waals surface area contributed by atoms with E-state index in [1.54, 1.807) is 6.20 Å². The van der Waals surface area contributed by atoms with Crippen molar-refractivity contribution < 1.29 is 0 Å². The van der Waals surface area contributed by atoms with Gasteiger partial charge in [0.15, 0.2) is 0 Å². The molecule has 2 aromatic rings. The second-order valence-electron chi connectivity index (χ2n) is 3.45. The van der Waals surface area contributed by atoms with Gasteiger partial charge < -0.3 is 0 Å². The summed E-state index contributed by atoms with van der Waals surface area (Å²) >= 11 is 6.04. The van der Waals surface area contributed by atoms with Gasteiger partial charge in [0.25, 0.3) is 0 Å². The van der Waals surface area contributed by atoms with E-state index in [1.807, 2.05) is 0 Å². The number of nitrogens with one attached hydrogen (secondary N) is 1. The van der Waals surface area contributed by atoms with E-state index >= 15 is 0 Å². The van der Waals surface area contributed by atoms with Crippen LogP contribution in [-0.2, 0) is 0 Å². The van der Waals surface area contributed by atoms with Gasteiger partial charge >= 0.3 is 0 Å². The number of fused-ring (bicyclic) bond motifs is 1. The SMILES string of the molecule is Clc1nc2cn[nH]c2cc1C1CC1. The summed E-state index contributed by atoms with van der Waals surface area (Å²) in [7, 11) is 0. The average molecular weight is 194 g/mol. The molecule has 0 unspecified atom stereocenters. The fourth-order valence-corrected chi connectivity index (χ4v) is 1.85. The van der Waals surface area contributed by atoms with Gasteiger partial charge in [0.2, 0.25) is 0 Å². The summed E-state index contributed by atoms with van der Waals surface area (Å²) in [5.74, 6) is 0.632. The lowest BCUT2D eigenvalue weighted by molar-refractivity contribution is 1.10. The number of H-pyrrole nitrogens is 1. The first-order chi connectivity index (χ1) is 6.34. The number of halogens is 1. The fraction of sp³-hybridized carbons (Fsp3) is 0.333. The molecular formula is C9H8ClN3. The van der Waals surface area contributed by atoms with Gasteiger partial charge in [-0.3, -0.25) is 5.10 Å². The number of pyridine rings is 1. The predicted molar refractivity (Wildman–Crippen MR) is 50.9 cm³/mol. The number of nitrogens with zero attached hydrogens (tertiary/aromatic N) is 2. The van der Waals surface area contributed by atoms with Gasteiger partial charge in [-0.2, -0.15) is 5.10 Å². The normalized spacial score (nSPS) is 16.7. The van der Waals surface area contributed by atoms with Gasteiger partial charge in [-0.15, -0.1) is 0 Å². The van der Waals surface area contributed by atoms with Crippen LogP contribution >= 0.6 is 11.6 Å². The Balaban J connectivity index is 2.27. The van der Waals surface area contributed by atoms with Crippen LogP contribution in [0.2, 0.25) is 5.15 Å². The minimum absolute atomic E-state index is 0.632. The third-order valence-electron chi connectivity index (χ3n) is 2.42. The Labute approximate surface area is 80.1 Å². The van der Waals surface area contributed by atoms with Crippen LogP contribution in [0.5, 0.6) is 0 Å². The Hall–Kier alpha value is -1.09. The number of aromatic nitrogens is 3. The van der Waals surface area contributed by atoms with Crippen LogP contribution in [0, 0.1) is 0 Å². The summed E-state index contributed by atoms with van der Waals surface area (Å²) < 4.78 is 0. The molecule has 3 nitrogen and oxygen atoms in total. The topological polar surface area (TPSA) is 41.6 Å². The molecule has 1 aliphatic rings. The second kappa shape index (κ2) is 2.45. The van der Waals surface area contributed by atoms with Crippen LogP contribution < -0.4 is 0 Å². The molecule has 2 heterocycles. The molecule has 4 heteroatoms. The highest BCUT2D eigenvalue weighted by atomic mass is 35.5. The zero-order valence-corrected chi connectivity index (χ0v) is 7.67. The summed E-state index contributed by atoms with van der Waals surface area (Å²) in [4.78, 5) is 4.27. The number of hydrogen-bond donors (Lipinski definition) is 1. The van der Waals surface area contributed by atoms with E-state index in [2.05, 4.69) is 21.2 Å². The van der Waals surface area contributed by atoms with E-state index in [4.69, 9.17) is 11.6 Å². The average Bonchev–Trinajstić information content (AvgIpc) is 2.85. The molecule has 1 saturated carbocycles. The van der Waals surface area contributed by atoms with Gasteiger partial charge in [0, 0.05) is 0 Å². The Morgan fingerprint density at radius 1 is 1.46 bits per heavy atom. The lowest BCUT2D eigenvalue weighted by Crippen LogP contribution is -1.86. The maximum absolute atomic E-state index is 6.04. The van der Waals surface area contributed by atoms with Crippen LogP contribution in [0.25, 0.3) is 11.0 Å². The minimum Gasteiger partial charge on any atom is -0.276 e. The van der Waals surface area contributed by atoms with Crippen molar-refractivity contribution in [2.45, 2.75) is 18.8 Å². The Bertz CT molecular complexity index is 459. The highest BCUT2D eigenvalue weighted by Crippen LogP contribution is 2.43. The van der Waals surface area contributed by atoms with Crippen LogP contribution in [0.4, 0.5) is 0 Å². The van der Waals surface area contributed by atoms with E-state index in [0.717, 1.165) is 11.0 Å². The molecule has 3 rings (SSSR count). The molecule has 0 atom stereocenters. The smallest absolute Gasteiger partial charge is 0.133 e. The molecule has 0 radical (unpaired) electrons. The Morgan fingerprint density at radius 3 is 3.08 bits per heavy atom. The summed E-state index contributed by atoms with van der Waals surface area (Å²) in [5.41, 5.74) is 2.99. The van der Waals surface area contributed by atoms with Crippen molar-refractivity contribution >= 4 is 22.6 Å². The summed E-state index contributed by atoms with van der Waals surface area (Å²) in [5, 5.41) is 7.45. The minimum atomic E-state index is 0.632. The molecule has 13 heavy (non-hydrogen) atoms. The summed E-state index contributed by atoms with van der Waals surface area (Å²) in [6.07, 6.45) is 4.17. The zero-order chi connectivity index (χ0) is 8.84. The highest BCUT2D eigenvalue weighted by Gasteiger charge is 2.26. The van der Waals surface area contributed by atoms with Crippen molar-refractivity contribution in [2.75, 3.05) is 0 Å². The molecule has 1 fully saturated rings. The molecule has 66 valence electrons. The highest BCUT2D eigenvalue weighted by molar-refractivity contribution is 6.30. The van der Waals surface area contributed by atoms with Gasteiger partial charge in [-0.1, -0.05) is 11.6 Å². The van der Waals surface area contributed by atoms with Crippen molar-refractivity contribution in [3.63, 3.8) is 0 Å². The van der Waals surface area contributed by atoms with E-state index in [1.165, 1.54) is 18.4 Å². The van der Waals surface area contributed by atoms with Gasteiger partial charge in [0.05, 0.1) is 11.7 Å². The summed E-state index contributed by atoms with van der Waals surface area (Å²) in [6, 6.07) is 2.06. The van der Waals surface area contributed by atoms with E-state index in [-0.39, 0.29) is 0 Å². The molecule has 0 saturated heterocycles. The molecule has 0 aromatic carbocycles. The van der Waals surface area contributed by atoms with E-state index in [9.17, 15) is 0 Å². The molecule has 0 bridgehead atoms. The third-order valence-corrected chi connectivity index (χ3v) is 2.72. The fourth-order valence-electron chi connectivity index (χ4n) is 1.55. The quantitative estimate of drug-likeness (QED) is 0.707. The molecule has 0 aliphatic heterocycles. The monoisotopic (exact) mass is 193 g/mol. The van der Waals surface area contributed by atoms with Crippen LogP contribution in [-0.4, -0.2) is 15.2 Å². The van der Waals surface area contributed by atoms with Crippen LogP contribution in [0.3, 0.4) is 0 Å². The number of hydrogen-bond acceptors (Lipinski definition) is 2. The predicted octanol–water partition coefficient (Wildman–Crippen LogP) is 2.49. The molecular weight excluding hydrogens is 186 g/mol. The zero-order valence-electron chi connectivity index (χ0n) is 6.92. The van der Waals surface area contributed by atoms with Crippen LogP contribution in [0.15, 0.2) is 12.3 Å². The van der Waals surface area contributed by atoms with Crippen molar-refractivity contribution in [3.05, 3.63) is 23.0 Å². The lowest BCUT2D eigenvalue weighted by atomic mass is 10.2. The Morgan fingerprint density at radius 2 is 2.31 bits per heavy atom. The van der Waals surface area contributed by atoms with Gasteiger partial charge in [0.1, 0.15) is 10.7 Å². The Kier molecular flexibility index (Phi) is 1.38. The maximum atomic E-state index is 6.04. The maximum Gasteiger partial charge on any atom is 0.133 e. The molecule has 0 spiro atoms. The van der Waals surface area contributed by atoms with Crippen molar-refractivity contribution in [1.29, 1.82) is 0 Å². The number of rotatable bonds is 1. The van der Waals surface area contributed by atoms with E-state index < -0.39 is 0 Å². The first kappa shape index (κ1) is 7.33. The standard InChI is InChI=1S/C9H8ClN3/c10-9-6(5-1-2-5)3-7-8(12-9)4-11-13-7/h3-5H,1-2H2,(H,11,13). The van der Waals surface area contributed by atoms with Gasteiger partial charge in [-0.25, -0.2) is 4.98 Å². The van der Waals surface area contributed by atoms with Gasteiger partial charge in [-0.05, 0) is 30.4 Å². The van der Waals surface area contributed by atoms with Crippen molar-refractivity contribution in [3.8, 4) is 0 Å². The molecule has 0 amide bonds. The number of aromatic amines is 1. The molecule has 1 N–H and O–H groups in total. The van der Waals surface area contributed by atoms with E-state index in [0.29, 0.717) is 11.1 Å². The first-order valence-electron chi connectivity index (χ1n) is 4.34. The van der Waals surface area contributed by atoms with Crippen LogP contribution in [0.1, 0.15) is 24.3 Å². The summed E-state index contributed by atoms with van der Waals surface area (Å²) in [6.45, 7) is 0. The first-order valence-corrected chi connectivity index (χ1v) is 4.72. The molecule has 1 aliphatic carbocycles. The van der Waals surface area contributed by atoms with Crippen molar-refractivity contribution in [1.82, 2.24) is 15.2 Å². The second-order valence-corrected chi connectivity index (χ2v) is 3.80. The molecule has 2 aromatic heterocycles.